The summed E-state index contributed by atoms with van der Waals surface area (Å²) in [5.41, 5.74) is 0.0504. The molecule has 0 aliphatic heterocycles. The van der Waals surface area contributed by atoms with E-state index >= 15 is 0 Å². The summed E-state index contributed by atoms with van der Waals surface area (Å²) >= 11 is 0. The van der Waals surface area contributed by atoms with Crippen molar-refractivity contribution in [3.8, 4) is 0 Å². The van der Waals surface area contributed by atoms with Gasteiger partial charge in [0, 0.05) is 18.3 Å². The Kier molecular flexibility index (Phi) is 5.49. The van der Waals surface area contributed by atoms with Crippen molar-refractivity contribution < 1.29 is 19.1 Å². The summed E-state index contributed by atoms with van der Waals surface area (Å²) in [5, 5.41) is 2.50. The molecule has 0 aliphatic carbocycles. The number of carbonyl (C=O) groups excluding carboxylic acids is 2. The molecule has 6 nitrogen and oxygen atoms in total. The smallest absolute Gasteiger partial charge is 0.408 e. The number of methoxy groups -OCH3 is 1. The first kappa shape index (κ1) is 15.9. The monoisotopic (exact) mass is 280 g/mol. The number of carbonyl (C=O) groups is 2. The Hall–Kier alpha value is -2.11. The Morgan fingerprint density at radius 2 is 2.05 bits per heavy atom. The molecule has 0 saturated carbocycles. The van der Waals surface area contributed by atoms with Crippen LogP contribution in [0.1, 0.15) is 26.5 Å². The number of rotatable bonds is 4. The minimum Gasteiger partial charge on any atom is -0.467 e. The van der Waals surface area contributed by atoms with E-state index in [0.717, 1.165) is 0 Å². The molecule has 0 fully saturated rings. The Bertz CT molecular complexity index is 454. The van der Waals surface area contributed by atoms with Crippen LogP contribution in [0, 0.1) is 0 Å². The number of hydrogen-bond acceptors (Lipinski definition) is 5. The molecule has 1 unspecified atom stereocenters. The zero-order valence-corrected chi connectivity index (χ0v) is 12.2. The largest absolute Gasteiger partial charge is 0.467 e. The first-order valence-corrected chi connectivity index (χ1v) is 6.29. The summed E-state index contributed by atoms with van der Waals surface area (Å²) in [6, 6.07) is 4.53. The van der Waals surface area contributed by atoms with Gasteiger partial charge in [0.2, 0.25) is 0 Å². The molecule has 0 aliphatic rings. The Labute approximate surface area is 118 Å². The first-order valence-electron chi connectivity index (χ1n) is 6.29. The summed E-state index contributed by atoms with van der Waals surface area (Å²) in [5.74, 6) is -0.540. The van der Waals surface area contributed by atoms with Gasteiger partial charge in [0.05, 0.1) is 7.11 Å². The maximum Gasteiger partial charge on any atom is 0.408 e. The summed E-state index contributed by atoms with van der Waals surface area (Å²) in [7, 11) is 1.27. The van der Waals surface area contributed by atoms with E-state index in [1.165, 1.54) is 7.11 Å². The van der Waals surface area contributed by atoms with Crippen LogP contribution in [-0.4, -0.2) is 35.8 Å². The molecule has 0 saturated heterocycles. The van der Waals surface area contributed by atoms with Crippen molar-refractivity contribution in [1.82, 2.24) is 10.3 Å². The number of pyridine rings is 1. The summed E-state index contributed by atoms with van der Waals surface area (Å²) in [6.45, 7) is 5.25. The van der Waals surface area contributed by atoms with E-state index in [-0.39, 0.29) is 6.42 Å². The van der Waals surface area contributed by atoms with Gasteiger partial charge in [-0.25, -0.2) is 9.59 Å². The van der Waals surface area contributed by atoms with Gasteiger partial charge in [-0.3, -0.25) is 4.98 Å². The standard InChI is InChI=1S/C14H20N2O4/c1-14(2,3)20-13(18)16-11(12(17)19-4)9-10-7-5-6-8-15-10/h5-8,11H,9H2,1-4H3,(H,16,18). The SMILES string of the molecule is COC(=O)C(Cc1ccccn1)NC(=O)OC(C)(C)C. The molecule has 1 heterocycles. The molecule has 1 amide bonds. The van der Waals surface area contributed by atoms with E-state index in [9.17, 15) is 9.59 Å². The van der Waals surface area contributed by atoms with E-state index in [1.807, 2.05) is 6.07 Å². The van der Waals surface area contributed by atoms with E-state index in [1.54, 1.807) is 39.1 Å². The van der Waals surface area contributed by atoms with Crippen molar-refractivity contribution >= 4 is 12.1 Å². The second-order valence-corrected chi connectivity index (χ2v) is 5.25. The number of esters is 1. The molecular formula is C14H20N2O4. The molecule has 0 spiro atoms. The normalized spacial score (nSPS) is 12.4. The van der Waals surface area contributed by atoms with Gasteiger partial charge in [-0.15, -0.1) is 0 Å². The zero-order chi connectivity index (χ0) is 15.2. The number of alkyl carbamates (subject to hydrolysis) is 1. The van der Waals surface area contributed by atoms with E-state index in [2.05, 4.69) is 15.0 Å². The molecule has 1 atom stereocenters. The third-order valence-corrected chi connectivity index (χ3v) is 2.32. The molecule has 1 aromatic rings. The van der Waals surface area contributed by atoms with E-state index in [4.69, 9.17) is 4.74 Å². The lowest BCUT2D eigenvalue weighted by atomic mass is 10.1. The number of nitrogens with one attached hydrogen (secondary N) is 1. The van der Waals surface area contributed by atoms with Gasteiger partial charge in [0.1, 0.15) is 11.6 Å². The highest BCUT2D eigenvalue weighted by atomic mass is 16.6. The fraction of sp³-hybridized carbons (Fsp3) is 0.500. The molecule has 6 heteroatoms. The minimum absolute atomic E-state index is 0.243. The molecule has 1 rings (SSSR count). The molecule has 20 heavy (non-hydrogen) atoms. The minimum atomic E-state index is -0.829. The zero-order valence-electron chi connectivity index (χ0n) is 12.2. The van der Waals surface area contributed by atoms with Crippen molar-refractivity contribution in [2.24, 2.45) is 0 Å². The van der Waals surface area contributed by atoms with Gasteiger partial charge < -0.3 is 14.8 Å². The molecular weight excluding hydrogens is 260 g/mol. The molecule has 0 bridgehead atoms. The Morgan fingerprint density at radius 1 is 1.35 bits per heavy atom. The average Bonchev–Trinajstić information content (AvgIpc) is 2.36. The molecule has 110 valence electrons. The predicted octanol–water partition coefficient (Wildman–Crippen LogP) is 1.69. The second-order valence-electron chi connectivity index (χ2n) is 5.25. The van der Waals surface area contributed by atoms with E-state index in [0.29, 0.717) is 5.69 Å². The van der Waals surface area contributed by atoms with Crippen LogP contribution >= 0.6 is 0 Å². The second kappa shape index (κ2) is 6.88. The quantitative estimate of drug-likeness (QED) is 0.849. The van der Waals surface area contributed by atoms with Crippen LogP contribution in [0.4, 0.5) is 4.79 Å². The van der Waals surface area contributed by atoms with E-state index < -0.39 is 23.7 Å². The number of amides is 1. The van der Waals surface area contributed by atoms with Crippen molar-refractivity contribution in [2.45, 2.75) is 38.8 Å². The van der Waals surface area contributed by atoms with Crippen LogP contribution in [0.3, 0.4) is 0 Å². The average molecular weight is 280 g/mol. The lowest BCUT2D eigenvalue weighted by Gasteiger charge is -2.22. The number of aromatic nitrogens is 1. The van der Waals surface area contributed by atoms with Gasteiger partial charge in [-0.1, -0.05) is 6.07 Å². The van der Waals surface area contributed by atoms with Gasteiger partial charge in [-0.05, 0) is 32.9 Å². The van der Waals surface area contributed by atoms with Crippen molar-refractivity contribution in [3.05, 3.63) is 30.1 Å². The fourth-order valence-corrected chi connectivity index (χ4v) is 1.51. The lowest BCUT2D eigenvalue weighted by Crippen LogP contribution is -2.45. The number of ether oxygens (including phenoxy) is 2. The van der Waals surface area contributed by atoms with Crippen LogP contribution in [0.5, 0.6) is 0 Å². The van der Waals surface area contributed by atoms with Crippen LogP contribution in [0.25, 0.3) is 0 Å². The topological polar surface area (TPSA) is 77.5 Å². The van der Waals surface area contributed by atoms with Crippen molar-refractivity contribution in [1.29, 1.82) is 0 Å². The van der Waals surface area contributed by atoms with Gasteiger partial charge in [0.15, 0.2) is 0 Å². The number of hydrogen-bond donors (Lipinski definition) is 1. The van der Waals surface area contributed by atoms with Crippen molar-refractivity contribution in [3.63, 3.8) is 0 Å². The van der Waals surface area contributed by atoms with Gasteiger partial charge in [0.25, 0.3) is 0 Å². The Morgan fingerprint density at radius 3 is 2.55 bits per heavy atom. The molecule has 0 radical (unpaired) electrons. The van der Waals surface area contributed by atoms with Crippen molar-refractivity contribution in [2.75, 3.05) is 7.11 Å². The van der Waals surface area contributed by atoms with Crippen LogP contribution < -0.4 is 5.32 Å². The van der Waals surface area contributed by atoms with Crippen LogP contribution in [0.15, 0.2) is 24.4 Å². The summed E-state index contributed by atoms with van der Waals surface area (Å²) < 4.78 is 9.80. The third-order valence-electron chi connectivity index (χ3n) is 2.32. The fourth-order valence-electron chi connectivity index (χ4n) is 1.51. The Balaban J connectivity index is 2.70. The van der Waals surface area contributed by atoms with Gasteiger partial charge >= 0.3 is 12.1 Å². The summed E-state index contributed by atoms with van der Waals surface area (Å²) in [6.07, 6.45) is 1.20. The van der Waals surface area contributed by atoms with Crippen LogP contribution in [0.2, 0.25) is 0 Å². The predicted molar refractivity (Wildman–Crippen MR) is 73.1 cm³/mol. The molecule has 1 N–H and O–H groups in total. The molecule has 0 aromatic carbocycles. The highest BCUT2D eigenvalue weighted by Crippen LogP contribution is 2.08. The molecule has 1 aromatic heterocycles. The highest BCUT2D eigenvalue weighted by molar-refractivity contribution is 5.81. The third kappa shape index (κ3) is 5.69. The van der Waals surface area contributed by atoms with Gasteiger partial charge in [-0.2, -0.15) is 0 Å². The summed E-state index contributed by atoms with van der Waals surface area (Å²) in [4.78, 5) is 27.5. The lowest BCUT2D eigenvalue weighted by molar-refractivity contribution is -0.143. The number of nitrogens with zero attached hydrogens (tertiary/aromatic N) is 1. The highest BCUT2D eigenvalue weighted by Gasteiger charge is 2.25. The maximum absolute atomic E-state index is 11.7. The van der Waals surface area contributed by atoms with Crippen LogP contribution in [-0.2, 0) is 20.7 Å². The maximum atomic E-state index is 11.7. The first-order chi connectivity index (χ1) is 9.31.